The summed E-state index contributed by atoms with van der Waals surface area (Å²) in [6.07, 6.45) is 0.962. The van der Waals surface area contributed by atoms with Crippen LogP contribution in [0.15, 0.2) is 24.3 Å². The van der Waals surface area contributed by atoms with E-state index in [9.17, 15) is 4.79 Å². The average molecular weight is 206 g/mol. The van der Waals surface area contributed by atoms with Crippen LogP contribution in [0.2, 0.25) is 0 Å². The van der Waals surface area contributed by atoms with Crippen LogP contribution in [-0.4, -0.2) is 26.2 Å². The zero-order chi connectivity index (χ0) is 10.7. The van der Waals surface area contributed by atoms with E-state index in [4.69, 9.17) is 4.74 Å². The molecule has 1 aromatic carbocycles. The van der Waals surface area contributed by atoms with Gasteiger partial charge in [0.25, 0.3) is 0 Å². The van der Waals surface area contributed by atoms with Crippen molar-refractivity contribution in [2.24, 2.45) is 0 Å². The van der Waals surface area contributed by atoms with Crippen LogP contribution in [0.4, 0.5) is 10.5 Å². The molecule has 1 heterocycles. The van der Waals surface area contributed by atoms with Crippen molar-refractivity contribution in [1.29, 1.82) is 0 Å². The van der Waals surface area contributed by atoms with Crippen LogP contribution in [0.1, 0.15) is 6.42 Å². The number of hydrogen-bond acceptors (Lipinski definition) is 2. The highest BCUT2D eigenvalue weighted by molar-refractivity contribution is 5.94. The molecule has 0 aliphatic carbocycles. The number of nitrogens with one attached hydrogen (secondary N) is 1. The summed E-state index contributed by atoms with van der Waals surface area (Å²) in [5.41, 5.74) is 0.831. The van der Waals surface area contributed by atoms with Crippen LogP contribution in [-0.2, 0) is 0 Å². The summed E-state index contributed by atoms with van der Waals surface area (Å²) in [6, 6.07) is 7.50. The molecule has 1 fully saturated rings. The molecule has 0 bridgehead atoms. The van der Waals surface area contributed by atoms with E-state index < -0.39 is 0 Å². The molecule has 4 nitrogen and oxygen atoms in total. The summed E-state index contributed by atoms with van der Waals surface area (Å²) in [5.74, 6) is 0.731. The van der Waals surface area contributed by atoms with Crippen LogP contribution in [0.25, 0.3) is 0 Å². The van der Waals surface area contributed by atoms with Crippen LogP contribution in [0.5, 0.6) is 5.75 Å². The molecular formula is C11H14N2O2. The maximum absolute atomic E-state index is 11.6. The number of para-hydroxylation sites is 2. The topological polar surface area (TPSA) is 41.6 Å². The van der Waals surface area contributed by atoms with Gasteiger partial charge in [0.05, 0.1) is 12.8 Å². The number of anilines is 1. The van der Waals surface area contributed by atoms with Crippen LogP contribution in [0, 0.1) is 0 Å². The van der Waals surface area contributed by atoms with Crippen molar-refractivity contribution in [2.45, 2.75) is 6.42 Å². The van der Waals surface area contributed by atoms with Gasteiger partial charge in [-0.15, -0.1) is 0 Å². The van der Waals surface area contributed by atoms with Gasteiger partial charge in [-0.1, -0.05) is 12.1 Å². The molecule has 0 aromatic heterocycles. The number of ether oxygens (including phenoxy) is 1. The fourth-order valence-electron chi connectivity index (χ4n) is 1.71. The molecular weight excluding hydrogens is 192 g/mol. The van der Waals surface area contributed by atoms with Gasteiger partial charge >= 0.3 is 6.03 Å². The molecule has 1 aromatic rings. The first-order valence-electron chi connectivity index (χ1n) is 5.01. The second kappa shape index (κ2) is 4.21. The first-order valence-corrected chi connectivity index (χ1v) is 5.01. The van der Waals surface area contributed by atoms with Gasteiger partial charge in [0.1, 0.15) is 5.75 Å². The van der Waals surface area contributed by atoms with E-state index >= 15 is 0 Å². The van der Waals surface area contributed by atoms with Gasteiger partial charge in [-0.2, -0.15) is 0 Å². The van der Waals surface area contributed by atoms with Crippen LogP contribution >= 0.6 is 0 Å². The van der Waals surface area contributed by atoms with Gasteiger partial charge in [-0.25, -0.2) is 4.79 Å². The molecule has 80 valence electrons. The van der Waals surface area contributed by atoms with E-state index in [0.717, 1.165) is 30.9 Å². The molecule has 0 saturated carbocycles. The fourth-order valence-corrected chi connectivity index (χ4v) is 1.71. The Morgan fingerprint density at radius 3 is 2.93 bits per heavy atom. The molecule has 0 radical (unpaired) electrons. The van der Waals surface area contributed by atoms with E-state index in [1.165, 1.54) is 0 Å². The van der Waals surface area contributed by atoms with Crippen molar-refractivity contribution in [1.82, 2.24) is 5.32 Å². The molecule has 15 heavy (non-hydrogen) atoms. The second-order valence-corrected chi connectivity index (χ2v) is 3.41. The predicted octanol–water partition coefficient (Wildman–Crippen LogP) is 1.61. The number of benzene rings is 1. The maximum atomic E-state index is 11.6. The summed E-state index contributed by atoms with van der Waals surface area (Å²) in [5, 5.41) is 2.81. The third kappa shape index (κ3) is 1.88. The summed E-state index contributed by atoms with van der Waals surface area (Å²) in [6.45, 7) is 1.50. The summed E-state index contributed by atoms with van der Waals surface area (Å²) in [4.78, 5) is 13.3. The predicted molar refractivity (Wildman–Crippen MR) is 58.4 cm³/mol. The lowest BCUT2D eigenvalue weighted by atomic mass is 10.2. The summed E-state index contributed by atoms with van der Waals surface area (Å²) in [7, 11) is 1.61. The molecule has 4 heteroatoms. The molecule has 2 amide bonds. The normalized spacial score (nSPS) is 16.1. The molecule has 2 rings (SSSR count). The summed E-state index contributed by atoms with van der Waals surface area (Å²) < 4.78 is 5.23. The number of rotatable bonds is 2. The Hall–Kier alpha value is -1.71. The Morgan fingerprint density at radius 2 is 2.20 bits per heavy atom. The van der Waals surface area contributed by atoms with E-state index in [-0.39, 0.29) is 6.03 Å². The zero-order valence-electron chi connectivity index (χ0n) is 8.69. The van der Waals surface area contributed by atoms with Crippen molar-refractivity contribution in [2.75, 3.05) is 25.1 Å². The average Bonchev–Trinajstić information content (AvgIpc) is 2.30. The Balaban J connectivity index is 2.30. The van der Waals surface area contributed by atoms with Gasteiger partial charge in [0.2, 0.25) is 0 Å². The van der Waals surface area contributed by atoms with Crippen LogP contribution < -0.4 is 15.0 Å². The fraction of sp³-hybridized carbons (Fsp3) is 0.364. The summed E-state index contributed by atoms with van der Waals surface area (Å²) >= 11 is 0. The van der Waals surface area contributed by atoms with E-state index in [2.05, 4.69) is 5.32 Å². The molecule has 1 aliphatic rings. The van der Waals surface area contributed by atoms with Crippen molar-refractivity contribution >= 4 is 11.7 Å². The molecule has 1 saturated heterocycles. The van der Waals surface area contributed by atoms with E-state index in [1.807, 2.05) is 24.3 Å². The Morgan fingerprint density at radius 1 is 1.40 bits per heavy atom. The number of hydrogen-bond donors (Lipinski definition) is 1. The van der Waals surface area contributed by atoms with Crippen molar-refractivity contribution in [3.63, 3.8) is 0 Å². The molecule has 0 atom stereocenters. The van der Waals surface area contributed by atoms with Gasteiger partial charge in [0, 0.05) is 13.1 Å². The van der Waals surface area contributed by atoms with Crippen molar-refractivity contribution in [3.8, 4) is 5.75 Å². The highest BCUT2D eigenvalue weighted by Crippen LogP contribution is 2.28. The third-order valence-electron chi connectivity index (χ3n) is 2.46. The largest absolute Gasteiger partial charge is 0.495 e. The number of methoxy groups -OCH3 is 1. The number of carbonyl (C=O) groups excluding carboxylic acids is 1. The van der Waals surface area contributed by atoms with Crippen LogP contribution in [0.3, 0.4) is 0 Å². The molecule has 0 unspecified atom stereocenters. The lowest BCUT2D eigenvalue weighted by Gasteiger charge is -2.28. The highest BCUT2D eigenvalue weighted by Gasteiger charge is 2.21. The monoisotopic (exact) mass is 206 g/mol. The first-order chi connectivity index (χ1) is 7.33. The standard InChI is InChI=1S/C11H14N2O2/c1-15-10-6-3-2-5-9(10)13-8-4-7-12-11(13)14/h2-3,5-6H,4,7-8H2,1H3,(H,12,14). The minimum absolute atomic E-state index is 0.0502. The van der Waals surface area contributed by atoms with Gasteiger partial charge in [-0.05, 0) is 18.6 Å². The number of amides is 2. The zero-order valence-corrected chi connectivity index (χ0v) is 8.69. The Labute approximate surface area is 88.8 Å². The molecule has 1 aliphatic heterocycles. The highest BCUT2D eigenvalue weighted by atomic mass is 16.5. The van der Waals surface area contributed by atoms with E-state index in [0.29, 0.717) is 0 Å². The second-order valence-electron chi connectivity index (χ2n) is 3.41. The third-order valence-corrected chi connectivity index (χ3v) is 2.46. The number of carbonyl (C=O) groups is 1. The number of urea groups is 1. The lowest BCUT2D eigenvalue weighted by molar-refractivity contribution is 0.242. The quantitative estimate of drug-likeness (QED) is 0.798. The van der Waals surface area contributed by atoms with Gasteiger partial charge < -0.3 is 10.1 Å². The molecule has 0 spiro atoms. The Kier molecular flexibility index (Phi) is 2.76. The van der Waals surface area contributed by atoms with Gasteiger partial charge in [-0.3, -0.25) is 4.90 Å². The number of nitrogens with zero attached hydrogens (tertiary/aromatic N) is 1. The smallest absolute Gasteiger partial charge is 0.321 e. The minimum Gasteiger partial charge on any atom is -0.495 e. The maximum Gasteiger partial charge on any atom is 0.321 e. The van der Waals surface area contributed by atoms with Crippen molar-refractivity contribution in [3.05, 3.63) is 24.3 Å². The molecule has 1 N–H and O–H groups in total. The SMILES string of the molecule is COc1ccccc1N1CCCNC1=O. The lowest BCUT2D eigenvalue weighted by Crippen LogP contribution is -2.46. The van der Waals surface area contributed by atoms with E-state index in [1.54, 1.807) is 12.0 Å². The first kappa shape index (κ1) is 9.83. The van der Waals surface area contributed by atoms with Crippen molar-refractivity contribution < 1.29 is 9.53 Å². The van der Waals surface area contributed by atoms with Gasteiger partial charge in [0.15, 0.2) is 0 Å². The minimum atomic E-state index is -0.0502. The Bertz CT molecular complexity index is 365.